The summed E-state index contributed by atoms with van der Waals surface area (Å²) in [6.45, 7) is 1.91. The van der Waals surface area contributed by atoms with E-state index in [-0.39, 0.29) is 21.9 Å². The number of nitrogens with one attached hydrogen (secondary N) is 1. The molecule has 9 nitrogen and oxygen atoms in total. The molecule has 0 heterocycles. The van der Waals surface area contributed by atoms with E-state index < -0.39 is 20.9 Å². The summed E-state index contributed by atoms with van der Waals surface area (Å²) in [5.41, 5.74) is 1.46. The Kier molecular flexibility index (Phi) is 6.85. The minimum Gasteiger partial charge on any atom is -0.379 e. The molecule has 10 heteroatoms. The maximum Gasteiger partial charge on any atom is 0.339 e. The predicted octanol–water partition coefficient (Wildman–Crippen LogP) is 4.22. The molecule has 0 aliphatic rings. The van der Waals surface area contributed by atoms with E-state index in [4.69, 9.17) is 4.18 Å². The molecule has 0 fully saturated rings. The molecule has 3 aromatic carbocycles. The van der Waals surface area contributed by atoms with Crippen LogP contribution in [0.25, 0.3) is 6.08 Å². The van der Waals surface area contributed by atoms with Gasteiger partial charge in [-0.15, -0.1) is 0 Å². The van der Waals surface area contributed by atoms with Gasteiger partial charge in [0.1, 0.15) is 22.3 Å². The molecule has 0 atom stereocenters. The van der Waals surface area contributed by atoms with Gasteiger partial charge in [0.15, 0.2) is 0 Å². The molecule has 0 aliphatic carbocycles. The lowest BCUT2D eigenvalue weighted by atomic mass is 10.1. The Labute approximate surface area is 189 Å². The largest absolute Gasteiger partial charge is 0.379 e. The van der Waals surface area contributed by atoms with Crippen LogP contribution in [-0.2, 0) is 14.9 Å². The van der Waals surface area contributed by atoms with Crippen LogP contribution in [0, 0.1) is 28.4 Å². The molecule has 1 amide bonds. The van der Waals surface area contributed by atoms with Crippen LogP contribution in [0.1, 0.15) is 11.1 Å². The minimum atomic E-state index is -4.25. The number of hydrogen-bond acceptors (Lipinski definition) is 7. The lowest BCUT2D eigenvalue weighted by molar-refractivity contribution is -0.384. The minimum absolute atomic E-state index is 0.0571. The Hall–Kier alpha value is -4.49. The van der Waals surface area contributed by atoms with E-state index in [1.165, 1.54) is 24.3 Å². The number of rotatable bonds is 7. The normalized spacial score (nSPS) is 11.3. The quantitative estimate of drug-likeness (QED) is 0.182. The Morgan fingerprint density at radius 1 is 1.09 bits per heavy atom. The van der Waals surface area contributed by atoms with E-state index in [0.29, 0.717) is 11.3 Å². The van der Waals surface area contributed by atoms with Gasteiger partial charge < -0.3 is 9.50 Å². The van der Waals surface area contributed by atoms with E-state index >= 15 is 0 Å². The summed E-state index contributed by atoms with van der Waals surface area (Å²) >= 11 is 0. The van der Waals surface area contributed by atoms with E-state index in [0.717, 1.165) is 29.8 Å². The number of non-ortho nitro benzene ring substituents is 1. The van der Waals surface area contributed by atoms with Crippen LogP contribution < -0.4 is 9.50 Å². The average Bonchev–Trinajstić information content (AvgIpc) is 2.79. The summed E-state index contributed by atoms with van der Waals surface area (Å²) in [7, 11) is -4.25. The molecule has 0 aliphatic heterocycles. The highest BCUT2D eigenvalue weighted by Gasteiger charge is 2.18. The summed E-state index contributed by atoms with van der Waals surface area (Å²) in [5, 5.41) is 22.7. The fourth-order valence-corrected chi connectivity index (χ4v) is 3.64. The van der Waals surface area contributed by atoms with Gasteiger partial charge in [-0.1, -0.05) is 29.8 Å². The predicted molar refractivity (Wildman–Crippen MR) is 121 cm³/mol. The standard InChI is InChI=1S/C23H17N3O6S/c1-16-5-7-19(8-6-16)25-23(27)18(15-24)13-17-3-2-4-21(14-17)32-33(30,31)22-11-9-20(10-12-22)26(28)29/h2-14H,1H3,(H,25,27)/b18-13-. The van der Waals surface area contributed by atoms with Crippen LogP contribution in [0.5, 0.6) is 5.75 Å². The van der Waals surface area contributed by atoms with E-state index in [1.54, 1.807) is 18.2 Å². The van der Waals surface area contributed by atoms with Gasteiger partial charge in [-0.25, -0.2) is 0 Å². The van der Waals surface area contributed by atoms with Crippen LogP contribution >= 0.6 is 0 Å². The summed E-state index contributed by atoms with van der Waals surface area (Å²) in [5.74, 6) is -0.676. The summed E-state index contributed by atoms with van der Waals surface area (Å²) < 4.78 is 30.1. The molecular weight excluding hydrogens is 446 g/mol. The van der Waals surface area contributed by atoms with Gasteiger partial charge in [-0.05, 0) is 55.0 Å². The fourth-order valence-electron chi connectivity index (χ4n) is 2.72. The zero-order valence-corrected chi connectivity index (χ0v) is 18.1. The number of nitro groups is 1. The highest BCUT2D eigenvalue weighted by atomic mass is 32.2. The van der Waals surface area contributed by atoms with E-state index in [9.17, 15) is 28.6 Å². The van der Waals surface area contributed by atoms with Gasteiger partial charge in [0.2, 0.25) is 0 Å². The van der Waals surface area contributed by atoms with Crippen molar-refractivity contribution in [3.8, 4) is 11.8 Å². The third kappa shape index (κ3) is 6.03. The molecule has 3 rings (SSSR count). The van der Waals surface area contributed by atoms with Crippen molar-refractivity contribution < 1.29 is 22.3 Å². The van der Waals surface area contributed by atoms with Crippen molar-refractivity contribution in [2.24, 2.45) is 0 Å². The first kappa shape index (κ1) is 23.2. The SMILES string of the molecule is Cc1ccc(NC(=O)/C(C#N)=C\c2cccc(OS(=O)(=O)c3ccc([N+](=O)[O-])cc3)c2)cc1. The van der Waals surface area contributed by atoms with Crippen LogP contribution in [-0.4, -0.2) is 19.2 Å². The van der Waals surface area contributed by atoms with Crippen molar-refractivity contribution in [1.82, 2.24) is 0 Å². The molecule has 0 radical (unpaired) electrons. The number of hydrogen-bond donors (Lipinski definition) is 1. The lowest BCUT2D eigenvalue weighted by Crippen LogP contribution is -2.13. The second-order valence-electron chi connectivity index (χ2n) is 6.85. The third-order valence-corrected chi connectivity index (χ3v) is 5.65. The smallest absolute Gasteiger partial charge is 0.339 e. The highest BCUT2D eigenvalue weighted by molar-refractivity contribution is 7.87. The Morgan fingerprint density at radius 3 is 2.36 bits per heavy atom. The monoisotopic (exact) mass is 463 g/mol. The molecule has 0 saturated heterocycles. The molecule has 1 N–H and O–H groups in total. The summed E-state index contributed by atoms with van der Waals surface area (Å²) in [6.07, 6.45) is 1.30. The number of benzene rings is 3. The van der Waals surface area contributed by atoms with Crippen molar-refractivity contribution in [1.29, 1.82) is 5.26 Å². The Balaban J connectivity index is 1.79. The van der Waals surface area contributed by atoms with Crippen LogP contribution in [0.15, 0.2) is 83.3 Å². The third-order valence-electron chi connectivity index (χ3n) is 4.39. The molecule has 0 aromatic heterocycles. The fraction of sp³-hybridized carbons (Fsp3) is 0.0435. The van der Waals surface area contributed by atoms with Gasteiger partial charge in [0.05, 0.1) is 4.92 Å². The molecular formula is C23H17N3O6S. The van der Waals surface area contributed by atoms with Crippen molar-refractivity contribution >= 4 is 33.5 Å². The van der Waals surface area contributed by atoms with Crippen LogP contribution in [0.4, 0.5) is 11.4 Å². The molecule has 33 heavy (non-hydrogen) atoms. The molecule has 3 aromatic rings. The van der Waals surface area contributed by atoms with Gasteiger partial charge in [0.25, 0.3) is 11.6 Å². The van der Waals surface area contributed by atoms with E-state index in [1.807, 2.05) is 25.1 Å². The van der Waals surface area contributed by atoms with Gasteiger partial charge in [-0.3, -0.25) is 14.9 Å². The summed E-state index contributed by atoms with van der Waals surface area (Å²) in [4.78, 5) is 22.3. The van der Waals surface area contributed by atoms with E-state index in [2.05, 4.69) is 5.32 Å². The molecule has 166 valence electrons. The molecule has 0 saturated carbocycles. The van der Waals surface area contributed by atoms with Gasteiger partial charge in [-0.2, -0.15) is 13.7 Å². The maximum absolute atomic E-state index is 12.5. The van der Waals surface area contributed by atoms with Crippen molar-refractivity contribution in [2.75, 3.05) is 5.32 Å². The first-order valence-corrected chi connectivity index (χ1v) is 10.9. The first-order chi connectivity index (χ1) is 15.7. The maximum atomic E-state index is 12.5. The molecule has 0 bridgehead atoms. The number of carbonyl (C=O) groups is 1. The molecule has 0 unspecified atom stereocenters. The second kappa shape index (κ2) is 9.76. The second-order valence-corrected chi connectivity index (χ2v) is 8.40. The first-order valence-electron chi connectivity index (χ1n) is 9.47. The number of carbonyl (C=O) groups excluding carboxylic acids is 1. The Bertz CT molecular complexity index is 1370. The molecule has 0 spiro atoms. The lowest BCUT2D eigenvalue weighted by Gasteiger charge is -2.08. The number of nitro benzene ring substituents is 1. The number of amides is 1. The zero-order chi connectivity index (χ0) is 24.0. The van der Waals surface area contributed by atoms with Crippen molar-refractivity contribution in [3.63, 3.8) is 0 Å². The van der Waals surface area contributed by atoms with Crippen LogP contribution in [0.3, 0.4) is 0 Å². The van der Waals surface area contributed by atoms with Crippen molar-refractivity contribution in [3.05, 3.63) is 99.6 Å². The van der Waals surface area contributed by atoms with Crippen LogP contribution in [0.2, 0.25) is 0 Å². The number of nitrogens with zero attached hydrogens (tertiary/aromatic N) is 2. The Morgan fingerprint density at radius 2 is 1.76 bits per heavy atom. The topological polar surface area (TPSA) is 139 Å². The van der Waals surface area contributed by atoms with Crippen molar-refractivity contribution in [2.45, 2.75) is 11.8 Å². The zero-order valence-electron chi connectivity index (χ0n) is 17.3. The number of aryl methyl sites for hydroxylation is 1. The van der Waals surface area contributed by atoms with Gasteiger partial charge >= 0.3 is 10.1 Å². The van der Waals surface area contributed by atoms with Gasteiger partial charge in [0, 0.05) is 17.8 Å². The number of nitriles is 1. The highest BCUT2D eigenvalue weighted by Crippen LogP contribution is 2.23. The number of anilines is 1. The average molecular weight is 463 g/mol. The summed E-state index contributed by atoms with van der Waals surface area (Å²) in [6, 6.07) is 18.9.